The van der Waals surface area contributed by atoms with E-state index in [2.05, 4.69) is 25.5 Å². The van der Waals surface area contributed by atoms with E-state index in [1.807, 2.05) is 0 Å². The average Bonchev–Trinajstić information content (AvgIpc) is 2.78. The maximum absolute atomic E-state index is 11.6. The van der Waals surface area contributed by atoms with Crippen molar-refractivity contribution in [2.45, 2.75) is 6.92 Å². The summed E-state index contributed by atoms with van der Waals surface area (Å²) in [5, 5.41) is 11.7. The van der Waals surface area contributed by atoms with Gasteiger partial charge in [-0.3, -0.25) is 4.79 Å². The predicted molar refractivity (Wildman–Crippen MR) is 70.6 cm³/mol. The molecule has 0 radical (unpaired) electrons. The molecular formula is C11H8Cl2N4O2. The highest BCUT2D eigenvalue weighted by Crippen LogP contribution is 2.19. The lowest BCUT2D eigenvalue weighted by Crippen LogP contribution is -2.19. The lowest BCUT2D eigenvalue weighted by Gasteiger charge is -1.98. The van der Waals surface area contributed by atoms with Gasteiger partial charge >= 0.3 is 0 Å². The SMILES string of the molecule is Cc1nonc1C(=O)N/N=C/c1ccc(Cl)cc1Cl. The van der Waals surface area contributed by atoms with Gasteiger partial charge in [-0.2, -0.15) is 5.10 Å². The van der Waals surface area contributed by atoms with E-state index in [0.717, 1.165) is 0 Å². The molecule has 1 amide bonds. The van der Waals surface area contributed by atoms with Gasteiger partial charge in [-0.05, 0) is 24.2 Å². The van der Waals surface area contributed by atoms with Crippen molar-refractivity contribution in [2.75, 3.05) is 0 Å². The number of nitrogens with one attached hydrogen (secondary N) is 1. The van der Waals surface area contributed by atoms with Crippen LogP contribution in [0.4, 0.5) is 0 Å². The lowest BCUT2D eigenvalue weighted by molar-refractivity contribution is 0.0945. The molecule has 0 unspecified atom stereocenters. The fraction of sp³-hybridized carbons (Fsp3) is 0.0909. The number of halogens is 2. The van der Waals surface area contributed by atoms with Crippen LogP contribution in [0.3, 0.4) is 0 Å². The third-order valence-corrected chi connectivity index (χ3v) is 2.76. The normalized spacial score (nSPS) is 10.9. The zero-order valence-corrected chi connectivity index (χ0v) is 11.2. The van der Waals surface area contributed by atoms with Crippen molar-refractivity contribution in [2.24, 2.45) is 5.10 Å². The smallest absolute Gasteiger partial charge is 0.265 e. The van der Waals surface area contributed by atoms with Crippen LogP contribution in [-0.4, -0.2) is 22.4 Å². The van der Waals surface area contributed by atoms with E-state index in [0.29, 0.717) is 21.3 Å². The number of hydrazone groups is 1. The van der Waals surface area contributed by atoms with Gasteiger partial charge in [-0.25, -0.2) is 10.1 Å². The summed E-state index contributed by atoms with van der Waals surface area (Å²) in [5.41, 5.74) is 3.39. The molecule has 0 saturated heterocycles. The minimum atomic E-state index is -0.514. The van der Waals surface area contributed by atoms with E-state index in [-0.39, 0.29) is 5.69 Å². The van der Waals surface area contributed by atoms with Crippen molar-refractivity contribution in [3.05, 3.63) is 45.2 Å². The first kappa shape index (κ1) is 13.5. The Kier molecular flexibility index (Phi) is 4.13. The summed E-state index contributed by atoms with van der Waals surface area (Å²) >= 11 is 11.7. The fourth-order valence-corrected chi connectivity index (χ4v) is 1.71. The van der Waals surface area contributed by atoms with Gasteiger partial charge in [-0.15, -0.1) is 0 Å². The van der Waals surface area contributed by atoms with Crippen molar-refractivity contribution < 1.29 is 9.42 Å². The topological polar surface area (TPSA) is 80.4 Å². The largest absolute Gasteiger partial charge is 0.295 e. The molecule has 98 valence electrons. The molecule has 0 saturated carbocycles. The first-order chi connectivity index (χ1) is 9.08. The summed E-state index contributed by atoms with van der Waals surface area (Å²) in [6.45, 7) is 1.60. The van der Waals surface area contributed by atoms with Gasteiger partial charge in [0, 0.05) is 10.6 Å². The number of carbonyl (C=O) groups is 1. The molecule has 1 aromatic carbocycles. The molecule has 0 atom stereocenters. The second-order valence-electron chi connectivity index (χ2n) is 3.56. The van der Waals surface area contributed by atoms with E-state index in [1.165, 1.54) is 6.21 Å². The van der Waals surface area contributed by atoms with E-state index in [1.54, 1.807) is 25.1 Å². The molecule has 1 heterocycles. The van der Waals surface area contributed by atoms with Gasteiger partial charge in [0.2, 0.25) is 0 Å². The number of aryl methyl sites for hydroxylation is 1. The molecule has 0 spiro atoms. The van der Waals surface area contributed by atoms with Gasteiger partial charge in [0.15, 0.2) is 5.69 Å². The maximum atomic E-state index is 11.6. The number of hydrogen-bond donors (Lipinski definition) is 1. The highest BCUT2D eigenvalue weighted by atomic mass is 35.5. The van der Waals surface area contributed by atoms with Gasteiger partial charge < -0.3 is 0 Å². The molecule has 19 heavy (non-hydrogen) atoms. The van der Waals surface area contributed by atoms with Crippen LogP contribution in [0.15, 0.2) is 27.9 Å². The average molecular weight is 299 g/mol. The Morgan fingerprint density at radius 2 is 2.21 bits per heavy atom. The number of nitrogens with zero attached hydrogens (tertiary/aromatic N) is 3. The van der Waals surface area contributed by atoms with Crippen LogP contribution in [0.2, 0.25) is 10.0 Å². The third kappa shape index (κ3) is 3.30. The Morgan fingerprint density at radius 1 is 1.42 bits per heavy atom. The Bertz CT molecular complexity index is 639. The van der Waals surface area contributed by atoms with Crippen molar-refractivity contribution in [1.82, 2.24) is 15.7 Å². The Morgan fingerprint density at radius 3 is 2.84 bits per heavy atom. The number of hydrogen-bond acceptors (Lipinski definition) is 5. The molecule has 1 N–H and O–H groups in total. The second kappa shape index (κ2) is 5.81. The predicted octanol–water partition coefficient (Wildman–Crippen LogP) is 2.45. The van der Waals surface area contributed by atoms with E-state index in [4.69, 9.17) is 23.2 Å². The van der Waals surface area contributed by atoms with Crippen molar-refractivity contribution in [1.29, 1.82) is 0 Å². The maximum Gasteiger partial charge on any atom is 0.295 e. The van der Waals surface area contributed by atoms with Gasteiger partial charge in [0.05, 0.1) is 11.2 Å². The van der Waals surface area contributed by atoms with Gasteiger partial charge in [0.1, 0.15) is 5.69 Å². The van der Waals surface area contributed by atoms with E-state index >= 15 is 0 Å². The number of carbonyl (C=O) groups excluding carboxylic acids is 1. The van der Waals surface area contributed by atoms with Crippen LogP contribution in [0.25, 0.3) is 0 Å². The number of aromatic nitrogens is 2. The highest BCUT2D eigenvalue weighted by molar-refractivity contribution is 6.36. The number of benzene rings is 1. The molecule has 0 fully saturated rings. The van der Waals surface area contributed by atoms with Crippen molar-refractivity contribution in [3.63, 3.8) is 0 Å². The molecule has 1 aromatic heterocycles. The monoisotopic (exact) mass is 298 g/mol. The second-order valence-corrected chi connectivity index (χ2v) is 4.41. The van der Waals surface area contributed by atoms with Gasteiger partial charge in [-0.1, -0.05) is 34.4 Å². The number of amides is 1. The standard InChI is InChI=1S/C11H8Cl2N4O2/c1-6-10(17-19-16-6)11(18)15-14-5-7-2-3-8(12)4-9(7)13/h2-5H,1H3,(H,15,18)/b14-5+. The van der Waals surface area contributed by atoms with Crippen LogP contribution in [0.1, 0.15) is 21.7 Å². The van der Waals surface area contributed by atoms with Crippen LogP contribution in [0.5, 0.6) is 0 Å². The van der Waals surface area contributed by atoms with E-state index < -0.39 is 5.91 Å². The third-order valence-electron chi connectivity index (χ3n) is 2.20. The minimum absolute atomic E-state index is 0.0827. The molecule has 0 aliphatic carbocycles. The van der Waals surface area contributed by atoms with Gasteiger partial charge in [0.25, 0.3) is 5.91 Å². The number of rotatable bonds is 3. The quantitative estimate of drug-likeness (QED) is 0.697. The minimum Gasteiger partial charge on any atom is -0.265 e. The fourth-order valence-electron chi connectivity index (χ4n) is 1.26. The Labute approximate surface area is 118 Å². The molecule has 0 aliphatic heterocycles. The summed E-state index contributed by atoms with van der Waals surface area (Å²) < 4.78 is 4.41. The zero-order chi connectivity index (χ0) is 13.8. The van der Waals surface area contributed by atoms with Crippen LogP contribution in [0, 0.1) is 6.92 Å². The molecule has 8 heteroatoms. The summed E-state index contributed by atoms with van der Waals surface area (Å²) in [6, 6.07) is 4.93. The molecule has 2 aromatic rings. The molecular weight excluding hydrogens is 291 g/mol. The van der Waals surface area contributed by atoms with Crippen LogP contribution in [-0.2, 0) is 0 Å². The van der Waals surface area contributed by atoms with Crippen molar-refractivity contribution in [3.8, 4) is 0 Å². The lowest BCUT2D eigenvalue weighted by atomic mass is 10.2. The summed E-state index contributed by atoms with van der Waals surface area (Å²) in [5.74, 6) is -0.514. The molecule has 6 nitrogen and oxygen atoms in total. The first-order valence-electron chi connectivity index (χ1n) is 5.15. The zero-order valence-electron chi connectivity index (χ0n) is 9.72. The molecule has 0 aliphatic rings. The molecule has 2 rings (SSSR count). The highest BCUT2D eigenvalue weighted by Gasteiger charge is 2.13. The summed E-state index contributed by atoms with van der Waals surface area (Å²) in [6.07, 6.45) is 1.40. The first-order valence-corrected chi connectivity index (χ1v) is 5.91. The Hall–Kier alpha value is -1.92. The van der Waals surface area contributed by atoms with Crippen molar-refractivity contribution >= 4 is 35.3 Å². The summed E-state index contributed by atoms with van der Waals surface area (Å²) in [4.78, 5) is 11.6. The van der Waals surface area contributed by atoms with E-state index in [9.17, 15) is 4.79 Å². The Balaban J connectivity index is 2.04. The summed E-state index contributed by atoms with van der Waals surface area (Å²) in [7, 11) is 0. The molecule has 0 bridgehead atoms. The van der Waals surface area contributed by atoms with Crippen LogP contribution < -0.4 is 5.43 Å². The van der Waals surface area contributed by atoms with Crippen LogP contribution >= 0.6 is 23.2 Å².